The van der Waals surface area contributed by atoms with Crippen molar-refractivity contribution in [2.75, 3.05) is 20.1 Å². The van der Waals surface area contributed by atoms with Crippen molar-refractivity contribution in [3.05, 3.63) is 35.4 Å². The lowest BCUT2D eigenvalue weighted by Crippen LogP contribution is -2.32. The minimum atomic E-state index is 0.645. The highest BCUT2D eigenvalue weighted by Crippen LogP contribution is 2.20. The third-order valence-electron chi connectivity index (χ3n) is 3.51. The summed E-state index contributed by atoms with van der Waals surface area (Å²) in [6.07, 6.45) is 3.94. The van der Waals surface area contributed by atoms with Crippen LogP contribution in [0.1, 0.15) is 24.0 Å². The Balaban J connectivity index is 1.92. The molecule has 1 heterocycles. The summed E-state index contributed by atoms with van der Waals surface area (Å²) >= 11 is 0. The third kappa shape index (κ3) is 3.06. The molecule has 1 fully saturated rings. The molecule has 1 aromatic rings. The average molecular weight is 218 g/mol. The van der Waals surface area contributed by atoms with Crippen molar-refractivity contribution >= 4 is 0 Å². The molecule has 1 aliphatic rings. The molecule has 1 aromatic carbocycles. The van der Waals surface area contributed by atoms with Crippen LogP contribution in [0.4, 0.5) is 0 Å². The molecule has 16 heavy (non-hydrogen) atoms. The summed E-state index contributed by atoms with van der Waals surface area (Å²) in [6, 6.07) is 8.78. The van der Waals surface area contributed by atoms with Crippen LogP contribution in [0.2, 0.25) is 0 Å². The number of nitrogens with two attached hydrogens (primary N) is 1. The number of hydrogen-bond donors (Lipinski definition) is 1. The Morgan fingerprint density at radius 3 is 2.56 bits per heavy atom. The first-order chi connectivity index (χ1) is 7.78. The van der Waals surface area contributed by atoms with Crippen molar-refractivity contribution in [1.29, 1.82) is 0 Å². The summed E-state index contributed by atoms with van der Waals surface area (Å²) in [4.78, 5) is 2.45. The van der Waals surface area contributed by atoms with Gasteiger partial charge in [0.05, 0.1) is 0 Å². The number of likely N-dealkylation sites (tertiary alicyclic amines) is 1. The average Bonchev–Trinajstić information content (AvgIpc) is 2.30. The van der Waals surface area contributed by atoms with E-state index in [4.69, 9.17) is 5.73 Å². The Morgan fingerprint density at radius 2 is 1.94 bits per heavy atom. The first-order valence-corrected chi connectivity index (χ1v) is 6.24. The molecule has 1 aliphatic heterocycles. The van der Waals surface area contributed by atoms with Crippen LogP contribution < -0.4 is 5.73 Å². The highest BCUT2D eigenvalue weighted by Gasteiger charge is 2.17. The Hall–Kier alpha value is -0.860. The van der Waals surface area contributed by atoms with E-state index in [1.165, 1.54) is 43.5 Å². The summed E-state index contributed by atoms with van der Waals surface area (Å²) in [6.45, 7) is 3.16. The fourth-order valence-corrected chi connectivity index (χ4v) is 2.58. The predicted molar refractivity (Wildman–Crippen MR) is 68.3 cm³/mol. The normalized spacial score (nSPS) is 22.2. The molecule has 0 aromatic heterocycles. The van der Waals surface area contributed by atoms with E-state index in [1.54, 1.807) is 0 Å². The molecule has 2 heteroatoms. The van der Waals surface area contributed by atoms with Gasteiger partial charge in [0.25, 0.3) is 0 Å². The van der Waals surface area contributed by atoms with Gasteiger partial charge in [0.15, 0.2) is 0 Å². The van der Waals surface area contributed by atoms with Crippen LogP contribution >= 0.6 is 0 Å². The van der Waals surface area contributed by atoms with Crippen molar-refractivity contribution in [3.63, 3.8) is 0 Å². The number of piperidine rings is 1. The molecule has 0 radical (unpaired) electrons. The van der Waals surface area contributed by atoms with Crippen LogP contribution in [-0.2, 0) is 13.0 Å². The standard InChI is InChI=1S/C14H22N2/c1-16-8-2-3-14(11-16)9-12-4-6-13(10-15)7-5-12/h4-7,14H,2-3,8-11,15H2,1H3. The van der Waals surface area contributed by atoms with Crippen molar-refractivity contribution in [3.8, 4) is 0 Å². The Kier molecular flexibility index (Phi) is 3.97. The van der Waals surface area contributed by atoms with Gasteiger partial charge in [0.2, 0.25) is 0 Å². The molecule has 1 saturated heterocycles. The minimum Gasteiger partial charge on any atom is -0.326 e. The molecule has 2 nitrogen and oxygen atoms in total. The van der Waals surface area contributed by atoms with E-state index in [2.05, 4.69) is 36.2 Å². The van der Waals surface area contributed by atoms with Gasteiger partial charge >= 0.3 is 0 Å². The van der Waals surface area contributed by atoms with Gasteiger partial charge in [-0.15, -0.1) is 0 Å². The maximum absolute atomic E-state index is 5.60. The third-order valence-corrected chi connectivity index (χ3v) is 3.51. The Bertz CT molecular complexity index is 318. The Morgan fingerprint density at radius 1 is 1.25 bits per heavy atom. The van der Waals surface area contributed by atoms with Gasteiger partial charge in [-0.25, -0.2) is 0 Å². The molecule has 1 atom stereocenters. The summed E-state index contributed by atoms with van der Waals surface area (Å²) < 4.78 is 0. The van der Waals surface area contributed by atoms with Gasteiger partial charge in [0, 0.05) is 13.1 Å². The van der Waals surface area contributed by atoms with E-state index in [1.807, 2.05) is 0 Å². The second-order valence-corrected chi connectivity index (χ2v) is 5.00. The molecule has 88 valence electrons. The van der Waals surface area contributed by atoms with Crippen molar-refractivity contribution in [2.24, 2.45) is 11.7 Å². The van der Waals surface area contributed by atoms with Crippen molar-refractivity contribution in [2.45, 2.75) is 25.8 Å². The number of nitrogens with zero attached hydrogens (tertiary/aromatic N) is 1. The van der Waals surface area contributed by atoms with Crippen LogP contribution in [0.5, 0.6) is 0 Å². The summed E-state index contributed by atoms with van der Waals surface area (Å²) in [5.41, 5.74) is 8.28. The van der Waals surface area contributed by atoms with Gasteiger partial charge in [0.1, 0.15) is 0 Å². The van der Waals surface area contributed by atoms with Crippen molar-refractivity contribution in [1.82, 2.24) is 4.90 Å². The molecule has 0 aliphatic carbocycles. The number of rotatable bonds is 3. The fourth-order valence-electron chi connectivity index (χ4n) is 2.58. The smallest absolute Gasteiger partial charge is 0.0178 e. The van der Waals surface area contributed by atoms with E-state index in [-0.39, 0.29) is 0 Å². The van der Waals surface area contributed by atoms with Crippen molar-refractivity contribution < 1.29 is 0 Å². The summed E-state index contributed by atoms with van der Waals surface area (Å²) in [5, 5.41) is 0. The summed E-state index contributed by atoms with van der Waals surface area (Å²) in [7, 11) is 2.23. The Labute approximate surface area is 98.4 Å². The largest absolute Gasteiger partial charge is 0.326 e. The van der Waals surface area contributed by atoms with E-state index < -0.39 is 0 Å². The molecular formula is C14H22N2. The van der Waals surface area contributed by atoms with Crippen LogP contribution in [0.15, 0.2) is 24.3 Å². The molecule has 2 rings (SSSR count). The second kappa shape index (κ2) is 5.46. The molecule has 0 spiro atoms. The molecule has 1 unspecified atom stereocenters. The zero-order chi connectivity index (χ0) is 11.4. The maximum atomic E-state index is 5.60. The lowest BCUT2D eigenvalue weighted by Gasteiger charge is -2.29. The van der Waals surface area contributed by atoms with Gasteiger partial charge in [-0.1, -0.05) is 24.3 Å². The monoisotopic (exact) mass is 218 g/mol. The molecule has 0 amide bonds. The zero-order valence-electron chi connectivity index (χ0n) is 10.2. The molecule has 2 N–H and O–H groups in total. The van der Waals surface area contributed by atoms with E-state index in [0.29, 0.717) is 6.54 Å². The first kappa shape index (κ1) is 11.6. The van der Waals surface area contributed by atoms with E-state index in [0.717, 1.165) is 5.92 Å². The first-order valence-electron chi connectivity index (χ1n) is 6.24. The minimum absolute atomic E-state index is 0.645. The van der Waals surface area contributed by atoms with Gasteiger partial charge in [-0.2, -0.15) is 0 Å². The zero-order valence-corrected chi connectivity index (χ0v) is 10.2. The van der Waals surface area contributed by atoms with Crippen LogP contribution in [0.3, 0.4) is 0 Å². The summed E-state index contributed by atoms with van der Waals surface area (Å²) in [5.74, 6) is 0.836. The SMILES string of the molecule is CN1CCCC(Cc2ccc(CN)cc2)C1. The topological polar surface area (TPSA) is 29.3 Å². The maximum Gasteiger partial charge on any atom is 0.0178 e. The quantitative estimate of drug-likeness (QED) is 0.841. The van der Waals surface area contributed by atoms with E-state index in [9.17, 15) is 0 Å². The predicted octanol–water partition coefficient (Wildman–Crippen LogP) is 2.03. The highest BCUT2D eigenvalue weighted by molar-refractivity contribution is 5.22. The van der Waals surface area contributed by atoms with Gasteiger partial charge < -0.3 is 10.6 Å². The molecular weight excluding hydrogens is 196 g/mol. The second-order valence-electron chi connectivity index (χ2n) is 5.00. The van der Waals surface area contributed by atoms with Crippen LogP contribution in [-0.4, -0.2) is 25.0 Å². The highest BCUT2D eigenvalue weighted by atomic mass is 15.1. The number of benzene rings is 1. The van der Waals surface area contributed by atoms with Crippen LogP contribution in [0, 0.1) is 5.92 Å². The van der Waals surface area contributed by atoms with E-state index >= 15 is 0 Å². The van der Waals surface area contributed by atoms with Crippen LogP contribution in [0.25, 0.3) is 0 Å². The van der Waals surface area contributed by atoms with Gasteiger partial charge in [-0.3, -0.25) is 0 Å². The van der Waals surface area contributed by atoms with Gasteiger partial charge in [-0.05, 0) is 49.9 Å². The lowest BCUT2D eigenvalue weighted by atomic mass is 9.91. The lowest BCUT2D eigenvalue weighted by molar-refractivity contribution is 0.209. The molecule has 0 saturated carbocycles. The fraction of sp³-hybridized carbons (Fsp3) is 0.571. The number of hydrogen-bond acceptors (Lipinski definition) is 2. The molecule has 0 bridgehead atoms.